The van der Waals surface area contributed by atoms with Gasteiger partial charge in [0.1, 0.15) is 11.9 Å². The predicted molar refractivity (Wildman–Crippen MR) is 74.1 cm³/mol. The van der Waals surface area contributed by atoms with Crippen molar-refractivity contribution in [3.05, 3.63) is 17.8 Å². The summed E-state index contributed by atoms with van der Waals surface area (Å²) in [6.45, 7) is 4.26. The van der Waals surface area contributed by atoms with Gasteiger partial charge in [0.2, 0.25) is 0 Å². The third kappa shape index (κ3) is 4.53. The first-order valence-corrected chi connectivity index (χ1v) is 6.82. The number of nitrogen functional groups attached to an aromatic ring is 1. The van der Waals surface area contributed by atoms with E-state index in [0.717, 1.165) is 17.9 Å². The lowest BCUT2D eigenvalue weighted by molar-refractivity contribution is 0.767. The summed E-state index contributed by atoms with van der Waals surface area (Å²) < 4.78 is 0. The number of rotatable bonds is 6. The maximum absolute atomic E-state index is 8.71. The molecule has 0 aliphatic heterocycles. The number of anilines is 2. The Kier molecular flexibility index (Phi) is 5.64. The molecule has 0 amide bonds. The van der Waals surface area contributed by atoms with Gasteiger partial charge in [-0.1, -0.05) is 6.92 Å². The highest BCUT2D eigenvalue weighted by molar-refractivity contribution is 7.99. The van der Waals surface area contributed by atoms with E-state index in [1.807, 2.05) is 17.8 Å². The van der Waals surface area contributed by atoms with Gasteiger partial charge in [0, 0.05) is 12.2 Å². The summed E-state index contributed by atoms with van der Waals surface area (Å²) in [5.41, 5.74) is 6.83. The summed E-state index contributed by atoms with van der Waals surface area (Å²) in [7, 11) is 0. The molecule has 0 fully saturated rings. The standard InChI is InChI=1S/C12H18N4S/c1-3-17-5-4-9(2)16-12-11(14)6-10(7-13)8-15-12/h6,8-9H,3-5,14H2,1-2H3,(H,15,16). The number of nitrogens with one attached hydrogen (secondary N) is 1. The molecule has 0 spiro atoms. The number of pyridine rings is 1. The molecule has 0 aliphatic carbocycles. The number of hydrogen-bond donors (Lipinski definition) is 2. The average molecular weight is 250 g/mol. The maximum atomic E-state index is 8.71. The third-order valence-electron chi connectivity index (χ3n) is 2.33. The Morgan fingerprint density at radius 2 is 2.41 bits per heavy atom. The maximum Gasteiger partial charge on any atom is 0.149 e. The van der Waals surface area contributed by atoms with E-state index in [2.05, 4.69) is 24.1 Å². The first-order chi connectivity index (χ1) is 8.17. The second-order valence-corrected chi connectivity index (χ2v) is 5.20. The fourth-order valence-corrected chi connectivity index (χ4v) is 2.18. The minimum atomic E-state index is 0.330. The highest BCUT2D eigenvalue weighted by Gasteiger charge is 2.06. The van der Waals surface area contributed by atoms with Gasteiger partial charge in [0.05, 0.1) is 11.3 Å². The van der Waals surface area contributed by atoms with Crippen LogP contribution in [0.25, 0.3) is 0 Å². The van der Waals surface area contributed by atoms with Gasteiger partial charge < -0.3 is 11.1 Å². The zero-order valence-corrected chi connectivity index (χ0v) is 11.0. The fraction of sp³-hybridized carbons (Fsp3) is 0.500. The molecule has 3 N–H and O–H groups in total. The van der Waals surface area contributed by atoms with Gasteiger partial charge in [0.15, 0.2) is 0 Å². The molecule has 0 saturated carbocycles. The quantitative estimate of drug-likeness (QED) is 0.759. The van der Waals surface area contributed by atoms with E-state index >= 15 is 0 Å². The molecule has 0 aromatic carbocycles. The Balaban J connectivity index is 2.54. The lowest BCUT2D eigenvalue weighted by Gasteiger charge is -2.15. The van der Waals surface area contributed by atoms with Crippen LogP contribution >= 0.6 is 11.8 Å². The smallest absolute Gasteiger partial charge is 0.149 e. The first-order valence-electron chi connectivity index (χ1n) is 5.67. The molecule has 17 heavy (non-hydrogen) atoms. The van der Waals surface area contributed by atoms with Crippen LogP contribution in [0.3, 0.4) is 0 Å². The zero-order valence-electron chi connectivity index (χ0n) is 10.2. The second kappa shape index (κ2) is 7.02. The van der Waals surface area contributed by atoms with Crippen LogP contribution in [-0.2, 0) is 0 Å². The van der Waals surface area contributed by atoms with Crippen LogP contribution < -0.4 is 11.1 Å². The van der Waals surface area contributed by atoms with Gasteiger partial charge in [-0.25, -0.2) is 4.98 Å². The average Bonchev–Trinajstić information content (AvgIpc) is 2.32. The van der Waals surface area contributed by atoms with Crippen LogP contribution in [0.15, 0.2) is 12.3 Å². The van der Waals surface area contributed by atoms with Crippen molar-refractivity contribution in [2.45, 2.75) is 26.3 Å². The van der Waals surface area contributed by atoms with Crippen LogP contribution in [0.2, 0.25) is 0 Å². The topological polar surface area (TPSA) is 74.7 Å². The number of nitrogens with two attached hydrogens (primary N) is 1. The minimum absolute atomic E-state index is 0.330. The van der Waals surface area contributed by atoms with E-state index in [9.17, 15) is 0 Å². The van der Waals surface area contributed by atoms with E-state index in [-0.39, 0.29) is 0 Å². The van der Waals surface area contributed by atoms with Crippen LogP contribution in [0.4, 0.5) is 11.5 Å². The van der Waals surface area contributed by atoms with Crippen molar-refractivity contribution in [1.29, 1.82) is 5.26 Å². The third-order valence-corrected chi connectivity index (χ3v) is 3.26. The van der Waals surface area contributed by atoms with Crippen LogP contribution in [0, 0.1) is 11.3 Å². The molecule has 4 nitrogen and oxygen atoms in total. The van der Waals surface area contributed by atoms with Crippen LogP contribution in [-0.4, -0.2) is 22.5 Å². The minimum Gasteiger partial charge on any atom is -0.396 e. The van der Waals surface area contributed by atoms with Crippen molar-refractivity contribution >= 4 is 23.3 Å². The van der Waals surface area contributed by atoms with Gasteiger partial charge >= 0.3 is 0 Å². The number of hydrogen-bond acceptors (Lipinski definition) is 5. The molecule has 0 radical (unpaired) electrons. The normalized spacial score (nSPS) is 11.8. The highest BCUT2D eigenvalue weighted by atomic mass is 32.2. The molecular formula is C12H18N4S. The Hall–Kier alpha value is -1.41. The largest absolute Gasteiger partial charge is 0.396 e. The fourth-order valence-electron chi connectivity index (χ4n) is 1.37. The monoisotopic (exact) mass is 250 g/mol. The Bertz CT molecular complexity index is 400. The van der Waals surface area contributed by atoms with E-state index in [1.165, 1.54) is 6.20 Å². The molecule has 1 atom stereocenters. The van der Waals surface area contributed by atoms with Gasteiger partial charge in [-0.3, -0.25) is 0 Å². The summed E-state index contributed by atoms with van der Waals surface area (Å²) >= 11 is 1.92. The van der Waals surface area contributed by atoms with Crippen molar-refractivity contribution in [3.63, 3.8) is 0 Å². The molecule has 1 aromatic rings. The molecule has 1 heterocycles. The SMILES string of the molecule is CCSCCC(C)Nc1ncc(C#N)cc1N. The Morgan fingerprint density at radius 1 is 1.65 bits per heavy atom. The Morgan fingerprint density at radius 3 is 3.00 bits per heavy atom. The van der Waals surface area contributed by atoms with Crippen molar-refractivity contribution in [2.24, 2.45) is 0 Å². The van der Waals surface area contributed by atoms with Crippen LogP contribution in [0.5, 0.6) is 0 Å². The molecule has 5 heteroatoms. The summed E-state index contributed by atoms with van der Waals surface area (Å²) in [6.07, 6.45) is 2.60. The van der Waals surface area contributed by atoms with Gasteiger partial charge in [-0.05, 0) is 30.9 Å². The summed E-state index contributed by atoms with van der Waals surface area (Å²) in [5, 5.41) is 12.0. The summed E-state index contributed by atoms with van der Waals surface area (Å²) in [5.74, 6) is 2.93. The van der Waals surface area contributed by atoms with Gasteiger partial charge in [-0.15, -0.1) is 0 Å². The number of aromatic nitrogens is 1. The molecule has 0 bridgehead atoms. The summed E-state index contributed by atoms with van der Waals surface area (Å²) in [4.78, 5) is 4.15. The lowest BCUT2D eigenvalue weighted by atomic mass is 10.2. The van der Waals surface area contributed by atoms with Crippen molar-refractivity contribution in [3.8, 4) is 6.07 Å². The van der Waals surface area contributed by atoms with Crippen molar-refractivity contribution < 1.29 is 0 Å². The van der Waals surface area contributed by atoms with Crippen molar-refractivity contribution in [1.82, 2.24) is 4.98 Å². The molecule has 1 unspecified atom stereocenters. The molecule has 1 aromatic heterocycles. The predicted octanol–water partition coefficient (Wildman–Crippen LogP) is 2.48. The lowest BCUT2D eigenvalue weighted by Crippen LogP contribution is -2.18. The molecule has 1 rings (SSSR count). The first kappa shape index (κ1) is 13.7. The molecule has 92 valence electrons. The highest BCUT2D eigenvalue weighted by Crippen LogP contribution is 2.18. The number of nitrogens with zero attached hydrogens (tertiary/aromatic N) is 2. The van der Waals surface area contributed by atoms with E-state index in [0.29, 0.717) is 23.1 Å². The summed E-state index contributed by atoms with van der Waals surface area (Å²) in [6, 6.07) is 3.99. The van der Waals surface area contributed by atoms with E-state index < -0.39 is 0 Å². The Labute approximate surface area is 107 Å². The number of thioether (sulfide) groups is 1. The number of nitriles is 1. The van der Waals surface area contributed by atoms with Gasteiger partial charge in [-0.2, -0.15) is 17.0 Å². The second-order valence-electron chi connectivity index (χ2n) is 3.80. The molecular weight excluding hydrogens is 232 g/mol. The molecule has 0 aliphatic rings. The van der Waals surface area contributed by atoms with Crippen molar-refractivity contribution in [2.75, 3.05) is 22.6 Å². The van der Waals surface area contributed by atoms with Crippen LogP contribution in [0.1, 0.15) is 25.8 Å². The van der Waals surface area contributed by atoms with Gasteiger partial charge in [0.25, 0.3) is 0 Å². The molecule has 0 saturated heterocycles. The van der Waals surface area contributed by atoms with E-state index in [1.54, 1.807) is 6.07 Å². The van der Waals surface area contributed by atoms with E-state index in [4.69, 9.17) is 11.0 Å². The zero-order chi connectivity index (χ0) is 12.7.